The number of hydrogen-bond donors (Lipinski definition) is 0. The van der Waals surface area contributed by atoms with Crippen molar-refractivity contribution in [1.29, 1.82) is 0 Å². The SMILES string of the molecule is Cc1nc(N(C(=O)OC(C)(C)C)C(=O)OC(C)(C)C)c(Br)cc1[N+](=O)[O-]. The molecule has 0 aromatic carbocycles. The van der Waals surface area contributed by atoms with Gasteiger partial charge < -0.3 is 9.47 Å². The predicted octanol–water partition coefficient (Wildman–Crippen LogP) is 4.74. The predicted molar refractivity (Wildman–Crippen MR) is 98.3 cm³/mol. The van der Waals surface area contributed by atoms with Gasteiger partial charge in [-0.15, -0.1) is 0 Å². The maximum Gasteiger partial charge on any atom is 0.425 e. The standard InChI is InChI=1S/C16H22BrN3O6/c1-9-11(20(23)24)8-10(17)12(18-9)19(13(21)25-15(2,3)4)14(22)26-16(5,6)7/h8H,1-7H3. The molecule has 0 saturated heterocycles. The minimum atomic E-state index is -1.01. The van der Waals surface area contributed by atoms with Crippen molar-refractivity contribution in [2.75, 3.05) is 4.90 Å². The Kier molecular flexibility index (Phi) is 6.35. The summed E-state index contributed by atoms with van der Waals surface area (Å²) in [5.74, 6) is -0.156. The van der Waals surface area contributed by atoms with Crippen LogP contribution in [-0.2, 0) is 9.47 Å². The number of rotatable bonds is 2. The van der Waals surface area contributed by atoms with E-state index in [1.54, 1.807) is 41.5 Å². The lowest BCUT2D eigenvalue weighted by Crippen LogP contribution is -2.44. The highest BCUT2D eigenvalue weighted by molar-refractivity contribution is 9.10. The molecule has 0 atom stereocenters. The number of carbonyl (C=O) groups excluding carboxylic acids is 2. The summed E-state index contributed by atoms with van der Waals surface area (Å²) in [5.41, 5.74) is -1.97. The molecule has 0 aliphatic heterocycles. The van der Waals surface area contributed by atoms with Crippen LogP contribution < -0.4 is 4.90 Å². The summed E-state index contributed by atoms with van der Waals surface area (Å²) in [5, 5.41) is 11.0. The highest BCUT2D eigenvalue weighted by Crippen LogP contribution is 2.32. The van der Waals surface area contributed by atoms with E-state index >= 15 is 0 Å². The molecule has 0 fully saturated rings. The number of pyridine rings is 1. The van der Waals surface area contributed by atoms with Crippen molar-refractivity contribution in [2.45, 2.75) is 59.7 Å². The first-order valence-corrected chi connectivity index (χ1v) is 8.49. The van der Waals surface area contributed by atoms with E-state index in [1.165, 1.54) is 13.0 Å². The van der Waals surface area contributed by atoms with Crippen molar-refractivity contribution in [3.05, 3.63) is 26.3 Å². The topological polar surface area (TPSA) is 112 Å². The molecule has 0 saturated carbocycles. The van der Waals surface area contributed by atoms with E-state index in [4.69, 9.17) is 9.47 Å². The fraction of sp³-hybridized carbons (Fsp3) is 0.562. The molecule has 144 valence electrons. The van der Waals surface area contributed by atoms with Crippen molar-refractivity contribution >= 4 is 39.6 Å². The van der Waals surface area contributed by atoms with Crippen molar-refractivity contribution in [3.63, 3.8) is 0 Å². The van der Waals surface area contributed by atoms with Gasteiger partial charge in [-0.1, -0.05) is 0 Å². The summed E-state index contributed by atoms with van der Waals surface area (Å²) in [4.78, 5) is 40.2. The molecular weight excluding hydrogens is 410 g/mol. The zero-order valence-corrected chi connectivity index (χ0v) is 17.3. The highest BCUT2D eigenvalue weighted by atomic mass is 79.9. The van der Waals surface area contributed by atoms with Gasteiger partial charge in [-0.05, 0) is 64.4 Å². The first-order valence-electron chi connectivity index (χ1n) is 7.70. The van der Waals surface area contributed by atoms with Crippen LogP contribution >= 0.6 is 15.9 Å². The van der Waals surface area contributed by atoms with Crippen LogP contribution in [0.1, 0.15) is 47.2 Å². The zero-order chi connectivity index (χ0) is 20.4. The Morgan fingerprint density at radius 1 is 1.12 bits per heavy atom. The van der Waals surface area contributed by atoms with Gasteiger partial charge in [-0.2, -0.15) is 4.90 Å². The van der Waals surface area contributed by atoms with Gasteiger partial charge in [0.1, 0.15) is 16.9 Å². The molecule has 1 heterocycles. The van der Waals surface area contributed by atoms with Gasteiger partial charge >= 0.3 is 12.2 Å². The van der Waals surface area contributed by atoms with Gasteiger partial charge in [0.05, 0.1) is 9.40 Å². The lowest BCUT2D eigenvalue weighted by Gasteiger charge is -2.28. The van der Waals surface area contributed by atoms with E-state index in [0.29, 0.717) is 4.90 Å². The first-order chi connectivity index (χ1) is 11.6. The Balaban J connectivity index is 3.45. The molecule has 0 unspecified atom stereocenters. The van der Waals surface area contributed by atoms with Crippen LogP contribution in [0.2, 0.25) is 0 Å². The second kappa shape index (κ2) is 7.56. The van der Waals surface area contributed by atoms with Gasteiger partial charge in [0.25, 0.3) is 5.69 Å². The van der Waals surface area contributed by atoms with Gasteiger partial charge in [-0.3, -0.25) is 10.1 Å². The Hall–Kier alpha value is -2.23. The number of anilines is 1. The minimum Gasteiger partial charge on any atom is -0.443 e. The van der Waals surface area contributed by atoms with Crippen LogP contribution in [0.25, 0.3) is 0 Å². The lowest BCUT2D eigenvalue weighted by molar-refractivity contribution is -0.385. The van der Waals surface area contributed by atoms with Crippen LogP contribution in [0.3, 0.4) is 0 Å². The fourth-order valence-corrected chi connectivity index (χ4v) is 2.25. The number of nitro groups is 1. The molecule has 9 nitrogen and oxygen atoms in total. The summed E-state index contributed by atoms with van der Waals surface area (Å²) in [6, 6.07) is 1.17. The molecule has 2 amide bonds. The smallest absolute Gasteiger partial charge is 0.425 e. The third-order valence-corrected chi connectivity index (χ3v) is 3.27. The fourth-order valence-electron chi connectivity index (χ4n) is 1.76. The second-order valence-electron chi connectivity index (χ2n) is 7.45. The van der Waals surface area contributed by atoms with Crippen LogP contribution in [-0.4, -0.2) is 33.3 Å². The average Bonchev–Trinajstić information content (AvgIpc) is 2.37. The van der Waals surface area contributed by atoms with Gasteiger partial charge in [0.15, 0.2) is 5.82 Å². The largest absolute Gasteiger partial charge is 0.443 e. The van der Waals surface area contributed by atoms with Crippen LogP contribution in [0.5, 0.6) is 0 Å². The molecule has 1 rings (SSSR count). The number of imide groups is 1. The number of hydrogen-bond acceptors (Lipinski definition) is 7. The number of nitrogens with zero attached hydrogens (tertiary/aromatic N) is 3. The van der Waals surface area contributed by atoms with E-state index in [-0.39, 0.29) is 21.7 Å². The Morgan fingerprint density at radius 2 is 1.54 bits per heavy atom. The monoisotopic (exact) mass is 431 g/mol. The normalized spacial score (nSPS) is 11.7. The van der Waals surface area contributed by atoms with Gasteiger partial charge in [0, 0.05) is 6.07 Å². The van der Waals surface area contributed by atoms with Crippen molar-refractivity contribution in [3.8, 4) is 0 Å². The van der Waals surface area contributed by atoms with E-state index in [2.05, 4.69) is 20.9 Å². The van der Waals surface area contributed by atoms with Crippen molar-refractivity contribution in [1.82, 2.24) is 4.98 Å². The van der Waals surface area contributed by atoms with Crippen LogP contribution in [0.4, 0.5) is 21.1 Å². The number of amides is 2. The van der Waals surface area contributed by atoms with Crippen LogP contribution in [0, 0.1) is 17.0 Å². The number of halogens is 1. The number of ether oxygens (including phenoxy) is 2. The summed E-state index contributed by atoms with van der Waals surface area (Å²) >= 11 is 3.12. The van der Waals surface area contributed by atoms with E-state index in [0.717, 1.165) is 0 Å². The van der Waals surface area contributed by atoms with E-state index in [9.17, 15) is 19.7 Å². The Labute approximate surface area is 159 Å². The third-order valence-electron chi connectivity index (χ3n) is 2.68. The zero-order valence-electron chi connectivity index (χ0n) is 15.7. The molecule has 10 heteroatoms. The summed E-state index contributed by atoms with van der Waals surface area (Å²) in [6.45, 7) is 11.2. The molecule has 0 radical (unpaired) electrons. The average molecular weight is 432 g/mol. The highest BCUT2D eigenvalue weighted by Gasteiger charge is 2.35. The number of aryl methyl sites for hydroxylation is 1. The van der Waals surface area contributed by atoms with Crippen molar-refractivity contribution in [2.24, 2.45) is 0 Å². The Morgan fingerprint density at radius 3 is 1.88 bits per heavy atom. The summed E-state index contributed by atoms with van der Waals surface area (Å²) < 4.78 is 10.6. The molecule has 0 aliphatic rings. The minimum absolute atomic E-state index is 0.0327. The van der Waals surface area contributed by atoms with E-state index < -0.39 is 28.3 Å². The van der Waals surface area contributed by atoms with Crippen LogP contribution in [0.15, 0.2) is 10.5 Å². The maximum atomic E-state index is 12.6. The van der Waals surface area contributed by atoms with Gasteiger partial charge in [-0.25, -0.2) is 14.6 Å². The molecule has 0 bridgehead atoms. The summed E-state index contributed by atoms with van der Waals surface area (Å²) in [7, 11) is 0. The number of carbonyl (C=O) groups is 2. The molecule has 26 heavy (non-hydrogen) atoms. The quantitative estimate of drug-likeness (QED) is 0.490. The molecule has 1 aromatic heterocycles. The summed E-state index contributed by atoms with van der Waals surface area (Å²) in [6.07, 6.45) is -2.01. The molecule has 0 spiro atoms. The van der Waals surface area contributed by atoms with E-state index in [1.807, 2.05) is 0 Å². The molecular formula is C16H22BrN3O6. The maximum absolute atomic E-state index is 12.6. The van der Waals surface area contributed by atoms with Gasteiger partial charge in [0.2, 0.25) is 0 Å². The third kappa shape index (κ3) is 5.94. The molecule has 1 aromatic rings. The second-order valence-corrected chi connectivity index (χ2v) is 8.31. The number of aromatic nitrogens is 1. The lowest BCUT2D eigenvalue weighted by atomic mass is 10.2. The molecule has 0 N–H and O–H groups in total. The first kappa shape index (κ1) is 21.8. The molecule has 0 aliphatic carbocycles. The Bertz CT molecular complexity index is 709. The van der Waals surface area contributed by atoms with Crippen molar-refractivity contribution < 1.29 is 24.0 Å².